The van der Waals surface area contributed by atoms with E-state index in [4.69, 9.17) is 4.74 Å². The average Bonchev–Trinajstić information content (AvgIpc) is 2.13. The van der Waals surface area contributed by atoms with Crippen LogP contribution >= 0.6 is 0 Å². The third-order valence-electron chi connectivity index (χ3n) is 2.10. The van der Waals surface area contributed by atoms with E-state index in [-0.39, 0.29) is 12.1 Å². The molecule has 0 aliphatic carbocycles. The van der Waals surface area contributed by atoms with Crippen LogP contribution in [0.5, 0.6) is 0 Å². The van der Waals surface area contributed by atoms with Crippen LogP contribution in [0.1, 0.15) is 47.5 Å². The zero-order valence-electron chi connectivity index (χ0n) is 12.3. The van der Waals surface area contributed by atoms with E-state index in [1.807, 2.05) is 39.0 Å². The second-order valence-electron chi connectivity index (χ2n) is 5.83. The summed E-state index contributed by atoms with van der Waals surface area (Å²) in [4.78, 5) is 11.7. The van der Waals surface area contributed by atoms with Crippen molar-refractivity contribution in [3.8, 4) is 0 Å². The monoisotopic (exact) mass is 253 g/mol. The largest absolute Gasteiger partial charge is 0.444 e. The van der Waals surface area contributed by atoms with Crippen LogP contribution < -0.4 is 5.32 Å². The smallest absolute Gasteiger partial charge is 0.408 e. The lowest BCUT2D eigenvalue weighted by atomic mass is 10.0. The fraction of sp³-hybridized carbons (Fsp3) is 0.667. The molecule has 0 aromatic carbocycles. The van der Waals surface area contributed by atoms with Crippen molar-refractivity contribution in [1.29, 1.82) is 0 Å². The number of rotatable bonds is 6. The second kappa shape index (κ2) is 7.96. The van der Waals surface area contributed by atoms with Gasteiger partial charge in [-0.2, -0.15) is 0 Å². The van der Waals surface area contributed by atoms with Crippen LogP contribution in [0.2, 0.25) is 0 Å². The van der Waals surface area contributed by atoms with Gasteiger partial charge in [0.2, 0.25) is 0 Å². The number of ether oxygens (including phenoxy) is 1. The molecule has 1 N–H and O–H groups in total. The predicted molar refractivity (Wildman–Crippen MR) is 76.6 cm³/mol. The summed E-state index contributed by atoms with van der Waals surface area (Å²) in [5.41, 5.74) is -0.461. The number of nitrogens with one attached hydrogen (secondary N) is 1. The minimum absolute atomic E-state index is 0.0137. The summed E-state index contributed by atoms with van der Waals surface area (Å²) < 4.78 is 5.25. The lowest BCUT2D eigenvalue weighted by molar-refractivity contribution is 0.0510. The van der Waals surface area contributed by atoms with Crippen LogP contribution in [-0.4, -0.2) is 17.7 Å². The van der Waals surface area contributed by atoms with Crippen molar-refractivity contribution >= 4 is 6.09 Å². The second-order valence-corrected chi connectivity index (χ2v) is 5.83. The summed E-state index contributed by atoms with van der Waals surface area (Å²) in [5, 5.41) is 2.88. The average molecular weight is 253 g/mol. The van der Waals surface area contributed by atoms with Gasteiger partial charge in [0.05, 0.1) is 6.04 Å². The van der Waals surface area contributed by atoms with E-state index in [2.05, 4.69) is 25.7 Å². The van der Waals surface area contributed by atoms with E-state index in [0.717, 1.165) is 12.8 Å². The van der Waals surface area contributed by atoms with Gasteiger partial charge in [0, 0.05) is 0 Å². The van der Waals surface area contributed by atoms with Crippen LogP contribution in [0.3, 0.4) is 0 Å². The van der Waals surface area contributed by atoms with Gasteiger partial charge in [-0.25, -0.2) is 4.79 Å². The first-order chi connectivity index (χ1) is 8.24. The lowest BCUT2D eigenvalue weighted by Crippen LogP contribution is -2.38. The number of amides is 1. The molecule has 0 rings (SSSR count). The molecule has 1 atom stereocenters. The van der Waals surface area contributed by atoms with Gasteiger partial charge in [-0.15, -0.1) is 6.58 Å². The van der Waals surface area contributed by atoms with Gasteiger partial charge in [-0.1, -0.05) is 32.1 Å². The first kappa shape index (κ1) is 16.8. The maximum atomic E-state index is 11.7. The highest BCUT2D eigenvalue weighted by atomic mass is 16.6. The molecule has 18 heavy (non-hydrogen) atoms. The summed E-state index contributed by atoms with van der Waals surface area (Å²) in [6, 6.07) is 0.0137. The van der Waals surface area contributed by atoms with E-state index in [1.165, 1.54) is 0 Å². The standard InChI is InChI=1S/C15H27NO2/c1-7-8-9-10-13(11-12(2)3)16-14(17)18-15(4,5)6/h7,9-10,12-13H,1,8,11H2,2-6H3,(H,16,17)/b10-9+/t13-/m1/s1. The van der Waals surface area contributed by atoms with Crippen molar-refractivity contribution in [2.75, 3.05) is 0 Å². The first-order valence-electron chi connectivity index (χ1n) is 6.51. The molecule has 104 valence electrons. The highest BCUT2D eigenvalue weighted by molar-refractivity contribution is 5.68. The van der Waals surface area contributed by atoms with Crippen molar-refractivity contribution in [3.05, 3.63) is 24.8 Å². The number of hydrogen-bond acceptors (Lipinski definition) is 2. The molecule has 0 spiro atoms. The minimum Gasteiger partial charge on any atom is -0.444 e. The van der Waals surface area contributed by atoms with Gasteiger partial charge in [-0.3, -0.25) is 0 Å². The van der Waals surface area contributed by atoms with Gasteiger partial charge >= 0.3 is 6.09 Å². The highest BCUT2D eigenvalue weighted by Gasteiger charge is 2.18. The van der Waals surface area contributed by atoms with E-state index in [0.29, 0.717) is 5.92 Å². The van der Waals surface area contributed by atoms with E-state index >= 15 is 0 Å². The molecule has 0 bridgehead atoms. The molecule has 0 radical (unpaired) electrons. The fourth-order valence-corrected chi connectivity index (χ4v) is 1.49. The van der Waals surface area contributed by atoms with Crippen LogP contribution in [-0.2, 0) is 4.74 Å². The van der Waals surface area contributed by atoms with Gasteiger partial charge in [-0.05, 0) is 39.5 Å². The Morgan fingerprint density at radius 1 is 1.39 bits per heavy atom. The molecule has 3 nitrogen and oxygen atoms in total. The van der Waals surface area contributed by atoms with Crippen LogP contribution in [0.25, 0.3) is 0 Å². The topological polar surface area (TPSA) is 38.3 Å². The van der Waals surface area contributed by atoms with Crippen molar-refractivity contribution in [3.63, 3.8) is 0 Å². The number of alkyl carbamates (subject to hydrolysis) is 1. The summed E-state index contributed by atoms with van der Waals surface area (Å²) in [7, 11) is 0. The molecule has 0 fully saturated rings. The van der Waals surface area contributed by atoms with Gasteiger partial charge in [0.1, 0.15) is 5.60 Å². The number of carbonyl (C=O) groups is 1. The van der Waals surface area contributed by atoms with Gasteiger partial charge in [0.25, 0.3) is 0 Å². The highest BCUT2D eigenvalue weighted by Crippen LogP contribution is 2.10. The molecule has 0 unspecified atom stereocenters. The van der Waals surface area contributed by atoms with Crippen LogP contribution in [0.15, 0.2) is 24.8 Å². The van der Waals surface area contributed by atoms with Gasteiger partial charge < -0.3 is 10.1 Å². The van der Waals surface area contributed by atoms with Crippen molar-refractivity contribution in [2.45, 2.75) is 59.1 Å². The Labute approximate surface area is 111 Å². The molecular weight excluding hydrogens is 226 g/mol. The lowest BCUT2D eigenvalue weighted by Gasteiger charge is -2.23. The van der Waals surface area contributed by atoms with Crippen molar-refractivity contribution < 1.29 is 9.53 Å². The number of allylic oxidation sites excluding steroid dienone is 2. The Bertz CT molecular complexity index is 287. The quantitative estimate of drug-likeness (QED) is 0.725. The zero-order chi connectivity index (χ0) is 14.2. The molecular formula is C15H27NO2. The Morgan fingerprint density at radius 3 is 2.44 bits per heavy atom. The first-order valence-corrected chi connectivity index (χ1v) is 6.51. The Hall–Kier alpha value is -1.25. The Morgan fingerprint density at radius 2 is 2.00 bits per heavy atom. The third kappa shape index (κ3) is 9.94. The molecule has 1 amide bonds. The molecule has 0 aromatic heterocycles. The molecule has 0 heterocycles. The molecule has 3 heteroatoms. The third-order valence-corrected chi connectivity index (χ3v) is 2.10. The molecule has 0 aromatic rings. The molecule has 0 saturated carbocycles. The maximum absolute atomic E-state index is 11.7. The zero-order valence-corrected chi connectivity index (χ0v) is 12.3. The van der Waals surface area contributed by atoms with E-state index in [1.54, 1.807) is 0 Å². The van der Waals surface area contributed by atoms with E-state index in [9.17, 15) is 4.79 Å². The van der Waals surface area contributed by atoms with E-state index < -0.39 is 5.60 Å². The predicted octanol–water partition coefficient (Wildman–Crippen LogP) is 4.06. The normalized spacial score (nSPS) is 13.7. The number of carbonyl (C=O) groups excluding carboxylic acids is 1. The molecule has 0 saturated heterocycles. The summed E-state index contributed by atoms with van der Waals surface area (Å²) in [6.07, 6.45) is 7.19. The van der Waals surface area contributed by atoms with Crippen LogP contribution in [0.4, 0.5) is 4.79 Å². The van der Waals surface area contributed by atoms with Crippen LogP contribution in [0, 0.1) is 5.92 Å². The Balaban J connectivity index is 4.39. The molecule has 0 aliphatic rings. The van der Waals surface area contributed by atoms with Crippen molar-refractivity contribution in [1.82, 2.24) is 5.32 Å². The SMILES string of the molecule is C=CC/C=C/[C@H](CC(C)C)NC(=O)OC(C)(C)C. The van der Waals surface area contributed by atoms with Gasteiger partial charge in [0.15, 0.2) is 0 Å². The Kier molecular flexibility index (Phi) is 7.41. The molecule has 0 aliphatic heterocycles. The summed E-state index contributed by atoms with van der Waals surface area (Å²) >= 11 is 0. The summed E-state index contributed by atoms with van der Waals surface area (Å²) in [6.45, 7) is 13.5. The fourth-order valence-electron chi connectivity index (χ4n) is 1.49. The maximum Gasteiger partial charge on any atom is 0.408 e. The summed E-state index contributed by atoms with van der Waals surface area (Å²) in [5.74, 6) is 0.512. The number of hydrogen-bond donors (Lipinski definition) is 1. The van der Waals surface area contributed by atoms with Crippen molar-refractivity contribution in [2.24, 2.45) is 5.92 Å². The minimum atomic E-state index is -0.461.